The SMILES string of the molecule is CCC(NC(=O)NCCCCC(C)C)C(=O)O. The number of amides is 2. The number of hydrogen-bond acceptors (Lipinski definition) is 2. The minimum Gasteiger partial charge on any atom is -0.480 e. The fraction of sp³-hybridized carbons (Fsp3) is 0.833. The molecule has 0 aromatic rings. The first-order chi connectivity index (χ1) is 7.97. The first-order valence-electron chi connectivity index (χ1n) is 6.24. The number of nitrogens with one attached hydrogen (secondary N) is 2. The summed E-state index contributed by atoms with van der Waals surface area (Å²) < 4.78 is 0. The Kier molecular flexibility index (Phi) is 8.19. The lowest BCUT2D eigenvalue weighted by atomic mass is 10.1. The van der Waals surface area contributed by atoms with Crippen molar-refractivity contribution in [3.8, 4) is 0 Å². The zero-order valence-electron chi connectivity index (χ0n) is 11.0. The maximum Gasteiger partial charge on any atom is 0.326 e. The molecule has 1 atom stereocenters. The average Bonchev–Trinajstić information content (AvgIpc) is 2.24. The molecule has 0 spiro atoms. The predicted molar refractivity (Wildman–Crippen MR) is 66.9 cm³/mol. The van der Waals surface area contributed by atoms with Gasteiger partial charge in [-0.2, -0.15) is 0 Å². The maximum atomic E-state index is 11.3. The fourth-order valence-corrected chi connectivity index (χ4v) is 1.43. The van der Waals surface area contributed by atoms with E-state index in [0.29, 0.717) is 18.9 Å². The van der Waals surface area contributed by atoms with Crippen molar-refractivity contribution in [3.05, 3.63) is 0 Å². The topological polar surface area (TPSA) is 78.4 Å². The van der Waals surface area contributed by atoms with Crippen LogP contribution < -0.4 is 10.6 Å². The zero-order chi connectivity index (χ0) is 13.3. The molecule has 17 heavy (non-hydrogen) atoms. The van der Waals surface area contributed by atoms with E-state index in [1.807, 2.05) is 0 Å². The van der Waals surface area contributed by atoms with Gasteiger partial charge in [0.1, 0.15) is 6.04 Å². The number of urea groups is 1. The van der Waals surface area contributed by atoms with Crippen molar-refractivity contribution in [2.24, 2.45) is 5.92 Å². The van der Waals surface area contributed by atoms with Crippen LogP contribution in [0, 0.1) is 5.92 Å². The van der Waals surface area contributed by atoms with Crippen molar-refractivity contribution in [1.29, 1.82) is 0 Å². The molecule has 0 aromatic heterocycles. The molecule has 0 radical (unpaired) electrons. The quantitative estimate of drug-likeness (QED) is 0.571. The number of carboxylic acid groups (broad SMARTS) is 1. The van der Waals surface area contributed by atoms with Crippen molar-refractivity contribution in [2.45, 2.75) is 52.5 Å². The van der Waals surface area contributed by atoms with Gasteiger partial charge in [0.25, 0.3) is 0 Å². The second kappa shape index (κ2) is 8.84. The van der Waals surface area contributed by atoms with Gasteiger partial charge in [-0.1, -0.05) is 33.6 Å². The van der Waals surface area contributed by atoms with E-state index in [4.69, 9.17) is 5.11 Å². The Morgan fingerprint density at radius 2 is 1.88 bits per heavy atom. The van der Waals surface area contributed by atoms with E-state index in [0.717, 1.165) is 19.3 Å². The van der Waals surface area contributed by atoms with E-state index in [9.17, 15) is 9.59 Å². The Bertz CT molecular complexity index is 242. The van der Waals surface area contributed by atoms with Gasteiger partial charge in [-0.25, -0.2) is 9.59 Å². The number of carboxylic acids is 1. The van der Waals surface area contributed by atoms with Crippen molar-refractivity contribution in [2.75, 3.05) is 6.54 Å². The Hall–Kier alpha value is -1.26. The van der Waals surface area contributed by atoms with E-state index in [1.165, 1.54) is 0 Å². The summed E-state index contributed by atoms with van der Waals surface area (Å²) in [5.74, 6) is -0.317. The Morgan fingerprint density at radius 1 is 1.24 bits per heavy atom. The van der Waals surface area contributed by atoms with Gasteiger partial charge in [0.2, 0.25) is 0 Å². The minimum atomic E-state index is -0.998. The van der Waals surface area contributed by atoms with E-state index in [2.05, 4.69) is 24.5 Å². The monoisotopic (exact) mass is 244 g/mol. The van der Waals surface area contributed by atoms with Gasteiger partial charge in [-0.3, -0.25) is 0 Å². The summed E-state index contributed by atoms with van der Waals surface area (Å²) in [4.78, 5) is 22.0. The highest BCUT2D eigenvalue weighted by Gasteiger charge is 2.16. The Balaban J connectivity index is 3.62. The van der Waals surface area contributed by atoms with E-state index in [-0.39, 0.29) is 0 Å². The number of unbranched alkanes of at least 4 members (excludes halogenated alkanes) is 1. The number of aliphatic carboxylic acids is 1. The zero-order valence-corrected chi connectivity index (χ0v) is 11.0. The smallest absolute Gasteiger partial charge is 0.326 e. The van der Waals surface area contributed by atoms with Gasteiger partial charge < -0.3 is 15.7 Å². The van der Waals surface area contributed by atoms with Gasteiger partial charge in [-0.15, -0.1) is 0 Å². The molecule has 1 unspecified atom stereocenters. The van der Waals surface area contributed by atoms with Crippen LogP contribution in [-0.4, -0.2) is 29.7 Å². The number of carbonyl (C=O) groups excluding carboxylic acids is 1. The molecular formula is C12H24N2O3. The third-order valence-electron chi connectivity index (χ3n) is 2.51. The number of rotatable bonds is 8. The van der Waals surface area contributed by atoms with Crippen LogP contribution in [-0.2, 0) is 4.79 Å². The van der Waals surface area contributed by atoms with Gasteiger partial charge in [0.05, 0.1) is 0 Å². The molecule has 0 aliphatic carbocycles. The van der Waals surface area contributed by atoms with E-state index >= 15 is 0 Å². The molecule has 2 amide bonds. The van der Waals surface area contributed by atoms with E-state index < -0.39 is 18.0 Å². The van der Waals surface area contributed by atoms with Gasteiger partial charge in [0, 0.05) is 6.54 Å². The number of hydrogen-bond donors (Lipinski definition) is 3. The highest BCUT2D eigenvalue weighted by atomic mass is 16.4. The highest BCUT2D eigenvalue weighted by Crippen LogP contribution is 2.04. The summed E-state index contributed by atoms with van der Waals surface area (Å²) in [5, 5.41) is 13.8. The molecule has 0 rings (SSSR count). The molecule has 0 aromatic carbocycles. The predicted octanol–water partition coefficient (Wildman–Crippen LogP) is 1.98. The van der Waals surface area contributed by atoms with Crippen LogP contribution in [0.1, 0.15) is 46.5 Å². The summed E-state index contributed by atoms with van der Waals surface area (Å²) >= 11 is 0. The van der Waals surface area contributed by atoms with Gasteiger partial charge in [-0.05, 0) is 18.8 Å². The van der Waals surface area contributed by atoms with Crippen LogP contribution in [0.5, 0.6) is 0 Å². The standard InChI is InChI=1S/C12H24N2O3/c1-4-10(11(15)16)14-12(17)13-8-6-5-7-9(2)3/h9-10H,4-8H2,1-3H3,(H,15,16)(H2,13,14,17). The van der Waals surface area contributed by atoms with Gasteiger partial charge >= 0.3 is 12.0 Å². The van der Waals surface area contributed by atoms with Crippen molar-refractivity contribution in [3.63, 3.8) is 0 Å². The lowest BCUT2D eigenvalue weighted by Gasteiger charge is -2.13. The summed E-state index contributed by atoms with van der Waals surface area (Å²) in [5.41, 5.74) is 0. The summed E-state index contributed by atoms with van der Waals surface area (Å²) in [6.45, 7) is 6.65. The lowest BCUT2D eigenvalue weighted by molar-refractivity contribution is -0.139. The van der Waals surface area contributed by atoms with Crippen LogP contribution in [0.2, 0.25) is 0 Å². The Labute approximate surface area is 103 Å². The molecular weight excluding hydrogens is 220 g/mol. The maximum absolute atomic E-state index is 11.3. The van der Waals surface area contributed by atoms with Crippen LogP contribution in [0.15, 0.2) is 0 Å². The van der Waals surface area contributed by atoms with E-state index in [1.54, 1.807) is 6.92 Å². The van der Waals surface area contributed by atoms with Crippen LogP contribution >= 0.6 is 0 Å². The minimum absolute atomic E-state index is 0.385. The molecule has 0 fully saturated rings. The highest BCUT2D eigenvalue weighted by molar-refractivity contribution is 5.82. The summed E-state index contributed by atoms with van der Waals surface area (Å²) in [6.07, 6.45) is 3.54. The fourth-order valence-electron chi connectivity index (χ4n) is 1.43. The molecule has 0 saturated heterocycles. The first kappa shape index (κ1) is 15.7. The third-order valence-corrected chi connectivity index (χ3v) is 2.51. The van der Waals surface area contributed by atoms with Crippen molar-refractivity contribution < 1.29 is 14.7 Å². The van der Waals surface area contributed by atoms with Crippen LogP contribution in [0.4, 0.5) is 4.79 Å². The molecule has 5 heteroatoms. The number of carbonyl (C=O) groups is 2. The molecule has 0 aliphatic heterocycles. The molecule has 0 saturated carbocycles. The first-order valence-corrected chi connectivity index (χ1v) is 6.24. The second-order valence-electron chi connectivity index (χ2n) is 4.59. The molecule has 0 aliphatic rings. The average molecular weight is 244 g/mol. The second-order valence-corrected chi connectivity index (χ2v) is 4.59. The molecule has 0 heterocycles. The van der Waals surface area contributed by atoms with Crippen LogP contribution in [0.25, 0.3) is 0 Å². The molecule has 0 bridgehead atoms. The lowest BCUT2D eigenvalue weighted by Crippen LogP contribution is -2.45. The van der Waals surface area contributed by atoms with Gasteiger partial charge in [0.15, 0.2) is 0 Å². The van der Waals surface area contributed by atoms with Crippen LogP contribution in [0.3, 0.4) is 0 Å². The molecule has 3 N–H and O–H groups in total. The normalized spacial score (nSPS) is 12.2. The summed E-state index contributed by atoms with van der Waals surface area (Å²) in [7, 11) is 0. The third kappa shape index (κ3) is 8.54. The Morgan fingerprint density at radius 3 is 2.35 bits per heavy atom. The summed E-state index contributed by atoms with van der Waals surface area (Å²) in [6, 6.07) is -1.20. The molecule has 100 valence electrons. The molecule has 5 nitrogen and oxygen atoms in total. The van der Waals surface area contributed by atoms with Crippen molar-refractivity contribution in [1.82, 2.24) is 10.6 Å². The largest absolute Gasteiger partial charge is 0.480 e. The van der Waals surface area contributed by atoms with Crippen molar-refractivity contribution >= 4 is 12.0 Å².